The van der Waals surface area contributed by atoms with Gasteiger partial charge in [0.1, 0.15) is 0 Å². The molecule has 2 aromatic carbocycles. The Kier molecular flexibility index (Phi) is 11.9. The van der Waals surface area contributed by atoms with Gasteiger partial charge in [-0.1, -0.05) is 0 Å². The van der Waals surface area contributed by atoms with Crippen molar-refractivity contribution in [3.8, 4) is 0 Å². The van der Waals surface area contributed by atoms with Gasteiger partial charge in [-0.25, -0.2) is 0 Å². The molecule has 9 heteroatoms. The van der Waals surface area contributed by atoms with Crippen LogP contribution in [0.25, 0.3) is 0 Å². The number of benzene rings is 2. The standard InChI is InChI=1S/C27H41N5O2S2/c1-28(2)23-13-9-21(10-14-23)25(33)30(5)17-7-19-32(27(35)36)20-8-18-31(6)26(34)22-11-15-24(16-12-22)29(3)4/h9-16,27,35-36H,7-8,17-20H2,1-6H3. The van der Waals surface area contributed by atoms with E-state index in [9.17, 15) is 9.59 Å². The van der Waals surface area contributed by atoms with Gasteiger partial charge < -0.3 is 19.6 Å². The lowest BCUT2D eigenvalue weighted by Gasteiger charge is -2.27. The number of thiol groups is 2. The summed E-state index contributed by atoms with van der Waals surface area (Å²) in [6.07, 6.45) is 1.62. The van der Waals surface area contributed by atoms with E-state index in [2.05, 4.69) is 30.2 Å². The van der Waals surface area contributed by atoms with Crippen molar-refractivity contribution in [3.05, 3.63) is 59.7 Å². The molecule has 0 saturated heterocycles. The molecular weight excluding hydrogens is 490 g/mol. The van der Waals surface area contributed by atoms with Gasteiger partial charge in [-0.2, -0.15) is 0 Å². The van der Waals surface area contributed by atoms with Gasteiger partial charge in [-0.15, -0.1) is 25.3 Å². The molecule has 0 spiro atoms. The fraction of sp³-hybridized carbons (Fsp3) is 0.481. The van der Waals surface area contributed by atoms with Gasteiger partial charge in [0.2, 0.25) is 0 Å². The molecule has 198 valence electrons. The lowest BCUT2D eigenvalue weighted by molar-refractivity contribution is 0.0788. The molecule has 0 aliphatic carbocycles. The number of hydrogen-bond acceptors (Lipinski definition) is 7. The van der Waals surface area contributed by atoms with Crippen LogP contribution in [-0.2, 0) is 0 Å². The Labute approximate surface area is 227 Å². The van der Waals surface area contributed by atoms with Crippen molar-refractivity contribution in [2.24, 2.45) is 0 Å². The zero-order chi connectivity index (χ0) is 26.8. The number of rotatable bonds is 13. The zero-order valence-corrected chi connectivity index (χ0v) is 24.2. The lowest BCUT2D eigenvalue weighted by atomic mass is 10.1. The molecule has 0 unspecified atom stereocenters. The van der Waals surface area contributed by atoms with Crippen molar-refractivity contribution in [2.75, 3.05) is 78.3 Å². The summed E-state index contributed by atoms with van der Waals surface area (Å²) in [5.41, 5.74) is 3.50. The van der Waals surface area contributed by atoms with Crippen LogP contribution in [0.5, 0.6) is 0 Å². The van der Waals surface area contributed by atoms with Crippen molar-refractivity contribution in [3.63, 3.8) is 0 Å². The van der Waals surface area contributed by atoms with Gasteiger partial charge >= 0.3 is 0 Å². The van der Waals surface area contributed by atoms with Gasteiger partial charge in [0.15, 0.2) is 0 Å². The molecule has 0 radical (unpaired) electrons. The minimum atomic E-state index is -0.204. The summed E-state index contributed by atoms with van der Waals surface area (Å²) in [7, 11) is 11.6. The Morgan fingerprint density at radius 1 is 0.611 bits per heavy atom. The third-order valence-electron chi connectivity index (χ3n) is 6.16. The number of amides is 2. The van der Waals surface area contributed by atoms with Crippen LogP contribution in [0.1, 0.15) is 33.6 Å². The predicted molar refractivity (Wildman–Crippen MR) is 158 cm³/mol. The van der Waals surface area contributed by atoms with Crippen molar-refractivity contribution >= 4 is 48.4 Å². The maximum atomic E-state index is 12.7. The molecular formula is C27H41N5O2S2. The predicted octanol–water partition coefficient (Wildman–Crippen LogP) is 3.89. The fourth-order valence-corrected chi connectivity index (χ4v) is 4.27. The maximum Gasteiger partial charge on any atom is 0.253 e. The normalized spacial score (nSPS) is 11.1. The molecule has 0 atom stereocenters. The highest BCUT2D eigenvalue weighted by atomic mass is 32.2. The molecule has 7 nitrogen and oxygen atoms in total. The summed E-state index contributed by atoms with van der Waals surface area (Å²) >= 11 is 9.02. The average Bonchev–Trinajstić information content (AvgIpc) is 2.86. The van der Waals surface area contributed by atoms with Crippen molar-refractivity contribution in [1.82, 2.24) is 14.7 Å². The number of carbonyl (C=O) groups is 2. The molecule has 0 fully saturated rings. The van der Waals surface area contributed by atoms with Crippen LogP contribution >= 0.6 is 25.3 Å². The highest BCUT2D eigenvalue weighted by molar-refractivity contribution is 7.99. The third kappa shape index (κ3) is 8.94. The second-order valence-electron chi connectivity index (χ2n) is 9.43. The summed E-state index contributed by atoms with van der Waals surface area (Å²) in [6, 6.07) is 15.3. The van der Waals surface area contributed by atoms with Crippen LogP contribution in [0.15, 0.2) is 48.5 Å². The van der Waals surface area contributed by atoms with E-state index in [4.69, 9.17) is 0 Å². The minimum Gasteiger partial charge on any atom is -0.378 e. The van der Waals surface area contributed by atoms with Crippen LogP contribution < -0.4 is 9.80 Å². The van der Waals surface area contributed by atoms with E-state index in [1.807, 2.05) is 101 Å². The molecule has 0 aliphatic heterocycles. The smallest absolute Gasteiger partial charge is 0.253 e. The van der Waals surface area contributed by atoms with Gasteiger partial charge in [0.25, 0.3) is 11.8 Å². The molecule has 0 bridgehead atoms. The Morgan fingerprint density at radius 3 is 1.22 bits per heavy atom. The Morgan fingerprint density at radius 2 is 0.944 bits per heavy atom. The van der Waals surface area contributed by atoms with Gasteiger partial charge in [-0.3, -0.25) is 14.5 Å². The van der Waals surface area contributed by atoms with Gasteiger partial charge in [-0.05, 0) is 61.4 Å². The van der Waals surface area contributed by atoms with Crippen molar-refractivity contribution in [1.29, 1.82) is 0 Å². The second kappa shape index (κ2) is 14.4. The van der Waals surface area contributed by atoms with E-state index in [0.717, 1.165) is 37.3 Å². The molecule has 0 N–H and O–H groups in total. The number of nitrogens with zero attached hydrogens (tertiary/aromatic N) is 5. The molecule has 2 amide bonds. The van der Waals surface area contributed by atoms with Crippen LogP contribution in [-0.4, -0.2) is 99.7 Å². The molecule has 2 rings (SSSR count). The van der Waals surface area contributed by atoms with E-state index < -0.39 is 0 Å². The Bertz CT molecular complexity index is 890. The fourth-order valence-electron chi connectivity index (χ4n) is 3.81. The van der Waals surface area contributed by atoms with Crippen LogP contribution in [0.3, 0.4) is 0 Å². The first kappa shape index (κ1) is 29.9. The average molecular weight is 532 g/mol. The first-order chi connectivity index (χ1) is 17.0. The van der Waals surface area contributed by atoms with Crippen molar-refractivity contribution in [2.45, 2.75) is 17.5 Å². The Balaban J connectivity index is 1.78. The SMILES string of the molecule is CN(CCCN(CCCN(C)C(=O)c1ccc(N(C)C)cc1)C(S)S)C(=O)c1ccc(N(C)C)cc1. The maximum absolute atomic E-state index is 12.7. The van der Waals surface area contributed by atoms with Crippen LogP contribution in [0.4, 0.5) is 11.4 Å². The van der Waals surface area contributed by atoms with E-state index in [1.165, 1.54) is 0 Å². The molecule has 0 saturated carbocycles. The van der Waals surface area contributed by atoms with Crippen LogP contribution in [0, 0.1) is 0 Å². The molecule has 0 aliphatic rings. The van der Waals surface area contributed by atoms with E-state index in [1.54, 1.807) is 9.80 Å². The molecule has 36 heavy (non-hydrogen) atoms. The largest absolute Gasteiger partial charge is 0.378 e. The summed E-state index contributed by atoms with van der Waals surface area (Å²) in [5.74, 6) is 0.0257. The number of hydrogen-bond donors (Lipinski definition) is 2. The molecule has 0 aromatic heterocycles. The topological polar surface area (TPSA) is 50.3 Å². The second-order valence-corrected chi connectivity index (χ2v) is 10.8. The highest BCUT2D eigenvalue weighted by Gasteiger charge is 2.16. The number of carbonyl (C=O) groups excluding carboxylic acids is 2. The van der Waals surface area contributed by atoms with Gasteiger partial charge in [0.05, 0.1) is 4.71 Å². The quantitative estimate of drug-likeness (QED) is 0.303. The molecule has 2 aromatic rings. The highest BCUT2D eigenvalue weighted by Crippen LogP contribution is 2.16. The summed E-state index contributed by atoms with van der Waals surface area (Å²) in [6.45, 7) is 2.80. The van der Waals surface area contributed by atoms with E-state index in [0.29, 0.717) is 24.2 Å². The van der Waals surface area contributed by atoms with Crippen molar-refractivity contribution < 1.29 is 9.59 Å². The zero-order valence-electron chi connectivity index (χ0n) is 22.4. The Hall–Kier alpha value is -2.36. The van der Waals surface area contributed by atoms with E-state index >= 15 is 0 Å². The monoisotopic (exact) mass is 531 g/mol. The summed E-state index contributed by atoms with van der Waals surface area (Å²) < 4.78 is -0.204. The minimum absolute atomic E-state index is 0.0129. The first-order valence-corrected chi connectivity index (χ1v) is 13.2. The lowest BCUT2D eigenvalue weighted by Crippen LogP contribution is -2.36. The van der Waals surface area contributed by atoms with E-state index in [-0.39, 0.29) is 16.5 Å². The summed E-state index contributed by atoms with van der Waals surface area (Å²) in [5, 5.41) is 0. The number of anilines is 2. The third-order valence-corrected chi connectivity index (χ3v) is 6.81. The summed E-state index contributed by atoms with van der Waals surface area (Å²) in [4.78, 5) is 35.2. The van der Waals surface area contributed by atoms with Gasteiger partial charge in [0, 0.05) is 91.0 Å². The molecule has 0 heterocycles. The first-order valence-electron chi connectivity index (χ1n) is 12.2. The van der Waals surface area contributed by atoms with Crippen LogP contribution in [0.2, 0.25) is 0 Å².